The molecular formula is C16H24N. The van der Waals surface area contributed by atoms with Crippen molar-refractivity contribution < 1.29 is 0 Å². The van der Waals surface area contributed by atoms with E-state index in [0.29, 0.717) is 0 Å². The van der Waals surface area contributed by atoms with Crippen LogP contribution in [0.3, 0.4) is 0 Å². The third-order valence-electron chi connectivity index (χ3n) is 3.01. The second-order valence-electron chi connectivity index (χ2n) is 4.45. The average Bonchev–Trinajstić information content (AvgIpc) is 2.39. The average molecular weight is 230 g/mol. The Labute approximate surface area is 106 Å². The van der Waals surface area contributed by atoms with Crippen molar-refractivity contribution in [2.45, 2.75) is 39.5 Å². The molecule has 1 rings (SSSR count). The second-order valence-corrected chi connectivity index (χ2v) is 4.45. The molecule has 1 heteroatoms. The lowest BCUT2D eigenvalue weighted by atomic mass is 10.1. The van der Waals surface area contributed by atoms with Crippen molar-refractivity contribution in [1.82, 2.24) is 0 Å². The minimum absolute atomic E-state index is 1.08. The SMILES string of the molecule is [CH]=Cc1ccc(N(CCCC)CCCC)cc1. The first-order valence-electron chi connectivity index (χ1n) is 6.71. The summed E-state index contributed by atoms with van der Waals surface area (Å²) in [6.07, 6.45) is 6.66. The number of benzene rings is 1. The first-order valence-corrected chi connectivity index (χ1v) is 6.71. The molecule has 0 heterocycles. The minimum atomic E-state index is 1.08. The van der Waals surface area contributed by atoms with Gasteiger partial charge in [0.2, 0.25) is 0 Å². The van der Waals surface area contributed by atoms with Gasteiger partial charge in [0, 0.05) is 18.8 Å². The van der Waals surface area contributed by atoms with Crippen LogP contribution in [-0.2, 0) is 0 Å². The molecule has 0 unspecified atom stereocenters. The molecule has 0 saturated heterocycles. The minimum Gasteiger partial charge on any atom is -0.372 e. The molecule has 0 bridgehead atoms. The van der Waals surface area contributed by atoms with E-state index in [0.717, 1.165) is 18.7 Å². The highest BCUT2D eigenvalue weighted by Crippen LogP contribution is 2.17. The Kier molecular flexibility index (Phi) is 6.46. The van der Waals surface area contributed by atoms with Gasteiger partial charge in [0.15, 0.2) is 0 Å². The van der Waals surface area contributed by atoms with E-state index in [1.165, 1.54) is 31.4 Å². The Morgan fingerprint density at radius 2 is 1.53 bits per heavy atom. The maximum absolute atomic E-state index is 5.50. The van der Waals surface area contributed by atoms with Gasteiger partial charge in [-0.3, -0.25) is 0 Å². The van der Waals surface area contributed by atoms with Crippen molar-refractivity contribution in [1.29, 1.82) is 0 Å². The van der Waals surface area contributed by atoms with Gasteiger partial charge in [0.1, 0.15) is 0 Å². The highest BCUT2D eigenvalue weighted by atomic mass is 15.1. The molecule has 1 aromatic carbocycles. The molecule has 0 fully saturated rings. The van der Waals surface area contributed by atoms with Crippen LogP contribution in [0.15, 0.2) is 24.3 Å². The summed E-state index contributed by atoms with van der Waals surface area (Å²) in [5, 5.41) is 0. The van der Waals surface area contributed by atoms with Crippen molar-refractivity contribution in [2.24, 2.45) is 0 Å². The van der Waals surface area contributed by atoms with Gasteiger partial charge in [-0.15, -0.1) is 0 Å². The van der Waals surface area contributed by atoms with Crippen molar-refractivity contribution in [3.05, 3.63) is 36.4 Å². The molecule has 17 heavy (non-hydrogen) atoms. The summed E-state index contributed by atoms with van der Waals surface area (Å²) < 4.78 is 0. The fourth-order valence-corrected chi connectivity index (χ4v) is 1.86. The first-order chi connectivity index (χ1) is 8.31. The molecule has 0 saturated carbocycles. The number of hydrogen-bond donors (Lipinski definition) is 0. The van der Waals surface area contributed by atoms with Crippen LogP contribution in [0.5, 0.6) is 0 Å². The van der Waals surface area contributed by atoms with Crippen LogP contribution in [-0.4, -0.2) is 13.1 Å². The summed E-state index contributed by atoms with van der Waals surface area (Å²) in [5.41, 5.74) is 2.40. The summed E-state index contributed by atoms with van der Waals surface area (Å²) in [6.45, 7) is 12.3. The van der Waals surface area contributed by atoms with Crippen molar-refractivity contribution >= 4 is 11.8 Å². The van der Waals surface area contributed by atoms with E-state index in [4.69, 9.17) is 6.58 Å². The van der Waals surface area contributed by atoms with Gasteiger partial charge in [0.05, 0.1) is 0 Å². The van der Waals surface area contributed by atoms with Crippen LogP contribution in [0.25, 0.3) is 6.08 Å². The van der Waals surface area contributed by atoms with Crippen LogP contribution < -0.4 is 4.90 Å². The van der Waals surface area contributed by atoms with E-state index >= 15 is 0 Å². The van der Waals surface area contributed by atoms with E-state index in [1.54, 1.807) is 6.08 Å². The quantitative estimate of drug-likeness (QED) is 0.633. The zero-order valence-corrected chi connectivity index (χ0v) is 11.2. The molecule has 0 N–H and O–H groups in total. The molecular weight excluding hydrogens is 206 g/mol. The molecule has 1 radical (unpaired) electrons. The largest absolute Gasteiger partial charge is 0.372 e. The maximum atomic E-state index is 5.50. The number of rotatable bonds is 8. The summed E-state index contributed by atoms with van der Waals surface area (Å²) in [6, 6.07) is 8.51. The van der Waals surface area contributed by atoms with E-state index in [1.807, 2.05) is 0 Å². The van der Waals surface area contributed by atoms with Gasteiger partial charge in [-0.25, -0.2) is 0 Å². The first kappa shape index (κ1) is 13.8. The summed E-state index contributed by atoms with van der Waals surface area (Å²) >= 11 is 0. The van der Waals surface area contributed by atoms with Gasteiger partial charge in [0.25, 0.3) is 0 Å². The topological polar surface area (TPSA) is 3.24 Å². The zero-order chi connectivity index (χ0) is 12.5. The van der Waals surface area contributed by atoms with Gasteiger partial charge in [-0.2, -0.15) is 0 Å². The van der Waals surface area contributed by atoms with Crippen LogP contribution in [0.4, 0.5) is 5.69 Å². The monoisotopic (exact) mass is 230 g/mol. The van der Waals surface area contributed by atoms with Crippen molar-refractivity contribution in [2.75, 3.05) is 18.0 Å². The predicted octanol–water partition coefficient (Wildman–Crippen LogP) is 4.54. The van der Waals surface area contributed by atoms with E-state index in [2.05, 4.69) is 43.0 Å². The van der Waals surface area contributed by atoms with E-state index in [9.17, 15) is 0 Å². The number of hydrogen-bond acceptors (Lipinski definition) is 1. The molecule has 1 nitrogen and oxygen atoms in total. The van der Waals surface area contributed by atoms with Gasteiger partial charge in [-0.1, -0.05) is 51.5 Å². The summed E-state index contributed by atoms with van der Waals surface area (Å²) in [4.78, 5) is 2.48. The highest BCUT2D eigenvalue weighted by molar-refractivity contribution is 5.54. The third kappa shape index (κ3) is 4.64. The number of nitrogens with zero attached hydrogens (tertiary/aromatic N) is 1. The van der Waals surface area contributed by atoms with Crippen molar-refractivity contribution in [3.63, 3.8) is 0 Å². The Hall–Kier alpha value is -1.24. The molecule has 0 spiro atoms. The zero-order valence-electron chi connectivity index (χ0n) is 11.2. The number of unbranched alkanes of at least 4 members (excludes halogenated alkanes) is 2. The Balaban J connectivity index is 2.68. The molecule has 93 valence electrons. The fraction of sp³-hybridized carbons (Fsp3) is 0.500. The lowest BCUT2D eigenvalue weighted by Gasteiger charge is -2.24. The van der Waals surface area contributed by atoms with Crippen LogP contribution in [0.1, 0.15) is 45.1 Å². The molecule has 0 atom stereocenters. The smallest absolute Gasteiger partial charge is 0.0366 e. The summed E-state index contributed by atoms with van der Waals surface area (Å²) in [7, 11) is 0. The lowest BCUT2D eigenvalue weighted by Crippen LogP contribution is -2.25. The van der Waals surface area contributed by atoms with E-state index in [-0.39, 0.29) is 0 Å². The molecule has 1 aromatic rings. The van der Waals surface area contributed by atoms with Crippen LogP contribution >= 0.6 is 0 Å². The van der Waals surface area contributed by atoms with Gasteiger partial charge in [-0.05, 0) is 30.5 Å². The van der Waals surface area contributed by atoms with Gasteiger partial charge < -0.3 is 4.90 Å². The standard InChI is InChI=1S/C16H24N/c1-4-7-13-17(14-8-5-2)16-11-9-15(6-3)10-12-16/h3,6,9-12H,4-5,7-8,13-14H2,1-2H3. The maximum Gasteiger partial charge on any atom is 0.0366 e. The van der Waals surface area contributed by atoms with Crippen molar-refractivity contribution in [3.8, 4) is 0 Å². The summed E-state index contributed by atoms with van der Waals surface area (Å²) in [5.74, 6) is 0. The third-order valence-corrected chi connectivity index (χ3v) is 3.01. The lowest BCUT2D eigenvalue weighted by molar-refractivity contribution is 0.678. The number of anilines is 1. The fourth-order valence-electron chi connectivity index (χ4n) is 1.86. The molecule has 0 aliphatic carbocycles. The molecule has 0 aromatic heterocycles. The van der Waals surface area contributed by atoms with Crippen LogP contribution in [0, 0.1) is 6.58 Å². The predicted molar refractivity (Wildman–Crippen MR) is 77.2 cm³/mol. The Morgan fingerprint density at radius 1 is 1.00 bits per heavy atom. The Bertz CT molecular complexity index is 305. The molecule has 0 amide bonds. The second kappa shape index (κ2) is 7.94. The van der Waals surface area contributed by atoms with Crippen LogP contribution in [0.2, 0.25) is 0 Å². The highest BCUT2D eigenvalue weighted by Gasteiger charge is 2.04. The van der Waals surface area contributed by atoms with Gasteiger partial charge >= 0.3 is 0 Å². The molecule has 0 aliphatic rings. The normalized spacial score (nSPS) is 10.2. The molecule has 0 aliphatic heterocycles. The van der Waals surface area contributed by atoms with E-state index < -0.39 is 0 Å². The Morgan fingerprint density at radius 3 is 1.94 bits per heavy atom.